The van der Waals surface area contributed by atoms with Crippen molar-refractivity contribution in [3.8, 4) is 0 Å². The van der Waals surface area contributed by atoms with Crippen molar-refractivity contribution in [3.63, 3.8) is 0 Å². The Bertz CT molecular complexity index is 88.1. The summed E-state index contributed by atoms with van der Waals surface area (Å²) >= 11 is 0. The van der Waals surface area contributed by atoms with E-state index in [0.29, 0.717) is 6.04 Å². The first-order chi connectivity index (χ1) is 3.38. The van der Waals surface area contributed by atoms with Gasteiger partial charge in [-0.25, -0.2) is 0 Å². The summed E-state index contributed by atoms with van der Waals surface area (Å²) in [6.45, 7) is 1.17. The fraction of sp³-hybridized carbons (Fsp3) is 1.00. The molecular formula is C5H10N2. The lowest BCUT2D eigenvalue weighted by atomic mass is 9.69. The van der Waals surface area contributed by atoms with Gasteiger partial charge in [0.15, 0.2) is 0 Å². The van der Waals surface area contributed by atoms with E-state index in [4.69, 9.17) is 5.73 Å². The first-order valence-electron chi connectivity index (χ1n) is 2.87. The van der Waals surface area contributed by atoms with Crippen LogP contribution in [0.2, 0.25) is 0 Å². The van der Waals surface area contributed by atoms with E-state index in [2.05, 4.69) is 5.32 Å². The van der Waals surface area contributed by atoms with Gasteiger partial charge in [0.1, 0.15) is 0 Å². The van der Waals surface area contributed by atoms with E-state index in [1.165, 1.54) is 13.0 Å². The Hall–Kier alpha value is -0.0800. The molecule has 2 rings (SSSR count). The van der Waals surface area contributed by atoms with Crippen LogP contribution < -0.4 is 11.1 Å². The molecule has 2 nitrogen and oxygen atoms in total. The molecule has 0 amide bonds. The van der Waals surface area contributed by atoms with E-state index in [9.17, 15) is 0 Å². The van der Waals surface area contributed by atoms with E-state index >= 15 is 0 Å². The maximum atomic E-state index is 5.62. The second-order valence-electron chi connectivity index (χ2n) is 2.58. The Kier molecular flexibility index (Phi) is 0.557. The van der Waals surface area contributed by atoms with E-state index in [0.717, 1.165) is 12.0 Å². The molecule has 1 aliphatic carbocycles. The van der Waals surface area contributed by atoms with Crippen LogP contribution in [-0.4, -0.2) is 18.6 Å². The highest BCUT2D eigenvalue weighted by Gasteiger charge is 2.44. The highest BCUT2D eigenvalue weighted by molar-refractivity contribution is 5.05. The third kappa shape index (κ3) is 0.318. The molecule has 1 saturated heterocycles. The lowest BCUT2D eigenvalue weighted by molar-refractivity contribution is 0.0790. The van der Waals surface area contributed by atoms with Gasteiger partial charge in [-0.05, 0) is 6.42 Å². The first-order valence-corrected chi connectivity index (χ1v) is 2.87. The van der Waals surface area contributed by atoms with Crippen LogP contribution in [-0.2, 0) is 0 Å². The SMILES string of the molecule is NC1CC2NCC12. The van der Waals surface area contributed by atoms with Crippen molar-refractivity contribution in [1.29, 1.82) is 0 Å². The fourth-order valence-electron chi connectivity index (χ4n) is 1.40. The van der Waals surface area contributed by atoms with Crippen LogP contribution in [0.5, 0.6) is 0 Å². The molecule has 1 saturated carbocycles. The van der Waals surface area contributed by atoms with Gasteiger partial charge in [0.25, 0.3) is 0 Å². The average Bonchev–Trinajstić information content (AvgIpc) is 1.59. The van der Waals surface area contributed by atoms with Crippen molar-refractivity contribution in [2.75, 3.05) is 6.54 Å². The van der Waals surface area contributed by atoms with Crippen LogP contribution in [0.25, 0.3) is 0 Å². The number of piperidine rings is 1. The van der Waals surface area contributed by atoms with Crippen LogP contribution in [0.15, 0.2) is 0 Å². The maximum absolute atomic E-state index is 5.62. The Morgan fingerprint density at radius 3 is 2.43 bits per heavy atom. The highest BCUT2D eigenvalue weighted by Crippen LogP contribution is 2.32. The van der Waals surface area contributed by atoms with Gasteiger partial charge in [0, 0.05) is 24.5 Å². The first kappa shape index (κ1) is 3.87. The highest BCUT2D eigenvalue weighted by atomic mass is 15.1. The zero-order valence-electron chi connectivity index (χ0n) is 4.22. The molecule has 1 aliphatic heterocycles. The number of nitrogens with one attached hydrogen (secondary N) is 1. The summed E-state index contributed by atoms with van der Waals surface area (Å²) < 4.78 is 0. The van der Waals surface area contributed by atoms with E-state index in [-0.39, 0.29) is 0 Å². The van der Waals surface area contributed by atoms with Crippen molar-refractivity contribution in [2.45, 2.75) is 18.5 Å². The number of fused-ring (bicyclic) bond motifs is 1. The minimum atomic E-state index is 0.534. The molecule has 3 atom stereocenters. The third-order valence-corrected chi connectivity index (χ3v) is 2.21. The summed E-state index contributed by atoms with van der Waals surface area (Å²) in [6.07, 6.45) is 1.21. The molecule has 2 heteroatoms. The summed E-state index contributed by atoms with van der Waals surface area (Å²) in [6, 6.07) is 1.35. The number of hydrogen-bond acceptors (Lipinski definition) is 2. The number of nitrogens with two attached hydrogens (primary N) is 1. The molecule has 1 heterocycles. The van der Waals surface area contributed by atoms with Gasteiger partial charge in [0.2, 0.25) is 0 Å². The average molecular weight is 98.1 g/mol. The zero-order chi connectivity index (χ0) is 4.85. The predicted octanol–water partition coefficient (Wildman–Crippen LogP) is -0.695. The predicted molar refractivity (Wildman–Crippen MR) is 27.9 cm³/mol. The summed E-state index contributed by atoms with van der Waals surface area (Å²) in [5, 5.41) is 3.30. The molecule has 0 spiro atoms. The zero-order valence-corrected chi connectivity index (χ0v) is 4.22. The van der Waals surface area contributed by atoms with E-state index < -0.39 is 0 Å². The molecule has 0 radical (unpaired) electrons. The van der Waals surface area contributed by atoms with Gasteiger partial charge >= 0.3 is 0 Å². The molecule has 0 aromatic rings. The molecule has 0 bridgehead atoms. The van der Waals surface area contributed by atoms with Crippen LogP contribution in [0.1, 0.15) is 6.42 Å². The standard InChI is InChI=1S/C5H10N2/c6-4-1-5-3(4)2-7-5/h3-5,7H,1-2,6H2. The second kappa shape index (κ2) is 1.01. The normalized spacial score (nSPS) is 57.0. The van der Waals surface area contributed by atoms with Crippen molar-refractivity contribution >= 4 is 0 Å². The van der Waals surface area contributed by atoms with Gasteiger partial charge in [-0.2, -0.15) is 0 Å². The molecule has 2 aliphatic rings. The molecule has 0 aromatic carbocycles. The Morgan fingerprint density at radius 1 is 1.57 bits per heavy atom. The van der Waals surface area contributed by atoms with E-state index in [1.54, 1.807) is 0 Å². The molecule has 3 N–H and O–H groups in total. The summed E-state index contributed by atoms with van der Waals surface area (Å²) in [4.78, 5) is 0. The van der Waals surface area contributed by atoms with Crippen molar-refractivity contribution in [1.82, 2.24) is 5.32 Å². The van der Waals surface area contributed by atoms with Gasteiger partial charge in [-0.15, -0.1) is 0 Å². The van der Waals surface area contributed by atoms with Gasteiger partial charge < -0.3 is 11.1 Å². The van der Waals surface area contributed by atoms with Crippen LogP contribution >= 0.6 is 0 Å². The minimum Gasteiger partial charge on any atom is -0.327 e. The van der Waals surface area contributed by atoms with E-state index in [1.807, 2.05) is 0 Å². The fourth-order valence-corrected chi connectivity index (χ4v) is 1.40. The lowest BCUT2D eigenvalue weighted by Crippen LogP contribution is -2.69. The van der Waals surface area contributed by atoms with Crippen LogP contribution in [0.3, 0.4) is 0 Å². The molecular weight excluding hydrogens is 88.1 g/mol. The summed E-state index contributed by atoms with van der Waals surface area (Å²) in [5.41, 5.74) is 5.62. The quantitative estimate of drug-likeness (QED) is 0.420. The maximum Gasteiger partial charge on any atom is 0.0137 e. The van der Waals surface area contributed by atoms with Gasteiger partial charge in [-0.3, -0.25) is 0 Å². The van der Waals surface area contributed by atoms with Crippen LogP contribution in [0, 0.1) is 5.92 Å². The molecule has 7 heavy (non-hydrogen) atoms. The van der Waals surface area contributed by atoms with Gasteiger partial charge in [0.05, 0.1) is 0 Å². The summed E-state index contributed by atoms with van der Waals surface area (Å²) in [5.74, 6) is 0.847. The number of rotatable bonds is 0. The monoisotopic (exact) mass is 98.1 g/mol. The Balaban J connectivity index is 1.99. The smallest absolute Gasteiger partial charge is 0.0137 e. The minimum absolute atomic E-state index is 0.534. The largest absolute Gasteiger partial charge is 0.327 e. The van der Waals surface area contributed by atoms with Crippen molar-refractivity contribution < 1.29 is 0 Å². The third-order valence-electron chi connectivity index (χ3n) is 2.21. The molecule has 2 fully saturated rings. The lowest BCUT2D eigenvalue weighted by Gasteiger charge is -2.52. The molecule has 3 unspecified atom stereocenters. The Morgan fingerprint density at radius 2 is 2.43 bits per heavy atom. The second-order valence-corrected chi connectivity index (χ2v) is 2.58. The van der Waals surface area contributed by atoms with Crippen molar-refractivity contribution in [3.05, 3.63) is 0 Å². The van der Waals surface area contributed by atoms with Gasteiger partial charge in [-0.1, -0.05) is 0 Å². The Labute approximate surface area is 43.1 Å². The van der Waals surface area contributed by atoms with Crippen molar-refractivity contribution in [2.24, 2.45) is 11.7 Å². The topological polar surface area (TPSA) is 38.0 Å². The van der Waals surface area contributed by atoms with Crippen LogP contribution in [0.4, 0.5) is 0 Å². The molecule has 0 aromatic heterocycles. The number of hydrogen-bond donors (Lipinski definition) is 2. The molecule has 40 valence electrons. The summed E-state index contributed by atoms with van der Waals surface area (Å²) in [7, 11) is 0.